The van der Waals surface area contributed by atoms with Crippen molar-refractivity contribution in [1.29, 1.82) is 0 Å². The molecule has 5 heteroatoms. The Kier molecular flexibility index (Phi) is 3.61. The highest BCUT2D eigenvalue weighted by atomic mass is 16.5. The highest BCUT2D eigenvalue weighted by Gasteiger charge is 2.27. The molecule has 5 nitrogen and oxygen atoms in total. The molecule has 0 saturated carbocycles. The van der Waals surface area contributed by atoms with Gasteiger partial charge in [0.25, 0.3) is 0 Å². The Bertz CT molecular complexity index is 376. The molecule has 0 aliphatic carbocycles. The van der Waals surface area contributed by atoms with Gasteiger partial charge in [0.05, 0.1) is 18.8 Å². The lowest BCUT2D eigenvalue weighted by atomic mass is 9.97. The van der Waals surface area contributed by atoms with Crippen molar-refractivity contribution >= 4 is 5.82 Å². The lowest BCUT2D eigenvalue weighted by molar-refractivity contribution is -0.0326. The smallest absolute Gasteiger partial charge is 0.128 e. The maximum Gasteiger partial charge on any atom is 0.128 e. The Hall–Kier alpha value is -1.17. The number of nitrogens with two attached hydrogens (primary N) is 2. The van der Waals surface area contributed by atoms with E-state index in [0.717, 1.165) is 24.2 Å². The molecular weight excluding hydrogens is 216 g/mol. The summed E-state index contributed by atoms with van der Waals surface area (Å²) in [7, 11) is 2.07. The summed E-state index contributed by atoms with van der Waals surface area (Å²) < 4.78 is 5.72. The quantitative estimate of drug-likeness (QED) is 0.772. The number of aromatic nitrogens is 1. The number of nitrogen functional groups attached to an aromatic ring is 1. The van der Waals surface area contributed by atoms with E-state index in [0.29, 0.717) is 12.4 Å². The average Bonchev–Trinajstić information content (AvgIpc) is 2.28. The largest absolute Gasteiger partial charge is 0.383 e. The maximum absolute atomic E-state index is 6.26. The molecular formula is C12H20N4O. The predicted molar refractivity (Wildman–Crippen MR) is 67.6 cm³/mol. The summed E-state index contributed by atoms with van der Waals surface area (Å²) in [6.07, 6.45) is 1.69. The van der Waals surface area contributed by atoms with E-state index in [1.807, 2.05) is 13.0 Å². The van der Waals surface area contributed by atoms with Gasteiger partial charge in [-0.25, -0.2) is 4.98 Å². The van der Waals surface area contributed by atoms with Crippen molar-refractivity contribution < 1.29 is 4.74 Å². The molecule has 2 unspecified atom stereocenters. The fourth-order valence-corrected chi connectivity index (χ4v) is 2.24. The number of morpholine rings is 1. The minimum Gasteiger partial charge on any atom is -0.383 e. The van der Waals surface area contributed by atoms with Crippen molar-refractivity contribution in [3.63, 3.8) is 0 Å². The van der Waals surface area contributed by atoms with E-state index in [1.54, 1.807) is 6.20 Å². The first-order valence-electron chi connectivity index (χ1n) is 5.86. The summed E-state index contributed by atoms with van der Waals surface area (Å²) in [5.74, 6) is 0.509. The number of rotatable bonds is 2. The Balaban J connectivity index is 2.21. The van der Waals surface area contributed by atoms with E-state index in [-0.39, 0.29) is 12.1 Å². The summed E-state index contributed by atoms with van der Waals surface area (Å²) in [5.41, 5.74) is 14.1. The van der Waals surface area contributed by atoms with Crippen LogP contribution in [0, 0.1) is 6.92 Å². The maximum atomic E-state index is 6.26. The van der Waals surface area contributed by atoms with Crippen LogP contribution in [0.25, 0.3) is 0 Å². The number of nitrogens with zero attached hydrogens (tertiary/aromatic N) is 2. The molecule has 2 heterocycles. The lowest BCUT2D eigenvalue weighted by Crippen LogP contribution is -2.45. The molecule has 2 atom stereocenters. The first-order valence-corrected chi connectivity index (χ1v) is 5.86. The Morgan fingerprint density at radius 2 is 2.35 bits per heavy atom. The molecule has 4 N–H and O–H groups in total. The summed E-state index contributed by atoms with van der Waals surface area (Å²) in [6.45, 7) is 4.49. The third kappa shape index (κ3) is 2.57. The van der Waals surface area contributed by atoms with Crippen LogP contribution in [-0.4, -0.2) is 42.7 Å². The van der Waals surface area contributed by atoms with Crippen molar-refractivity contribution in [3.05, 3.63) is 23.4 Å². The van der Waals surface area contributed by atoms with Gasteiger partial charge in [-0.15, -0.1) is 0 Å². The van der Waals surface area contributed by atoms with E-state index >= 15 is 0 Å². The van der Waals surface area contributed by atoms with Gasteiger partial charge < -0.3 is 21.1 Å². The number of hydrogen-bond donors (Lipinski definition) is 2. The summed E-state index contributed by atoms with van der Waals surface area (Å²) in [6, 6.07) is 1.71. The van der Waals surface area contributed by atoms with E-state index in [1.165, 1.54) is 0 Å². The molecule has 0 amide bonds. The third-order valence-corrected chi connectivity index (χ3v) is 3.27. The molecule has 2 rings (SSSR count). The van der Waals surface area contributed by atoms with Crippen LogP contribution in [0.15, 0.2) is 12.3 Å². The topological polar surface area (TPSA) is 77.4 Å². The van der Waals surface area contributed by atoms with Gasteiger partial charge in [-0.3, -0.25) is 0 Å². The molecule has 0 spiro atoms. The fourth-order valence-electron chi connectivity index (χ4n) is 2.24. The molecule has 1 aliphatic rings. The monoisotopic (exact) mass is 236 g/mol. The zero-order valence-corrected chi connectivity index (χ0v) is 10.4. The zero-order chi connectivity index (χ0) is 12.4. The average molecular weight is 236 g/mol. The van der Waals surface area contributed by atoms with E-state index in [2.05, 4.69) is 16.9 Å². The van der Waals surface area contributed by atoms with Crippen molar-refractivity contribution in [2.45, 2.75) is 19.1 Å². The molecule has 1 saturated heterocycles. The third-order valence-electron chi connectivity index (χ3n) is 3.27. The summed E-state index contributed by atoms with van der Waals surface area (Å²) >= 11 is 0. The van der Waals surface area contributed by atoms with Crippen LogP contribution in [0.2, 0.25) is 0 Å². The van der Waals surface area contributed by atoms with Gasteiger partial charge in [-0.2, -0.15) is 0 Å². The SMILES string of the molecule is Cc1ccnc(N)c1C(N)C1CN(C)CCO1. The first kappa shape index (κ1) is 12.3. The fraction of sp³-hybridized carbons (Fsp3) is 0.583. The summed E-state index contributed by atoms with van der Waals surface area (Å²) in [5, 5.41) is 0. The molecule has 94 valence electrons. The number of ether oxygens (including phenoxy) is 1. The second-order valence-electron chi connectivity index (χ2n) is 4.62. The van der Waals surface area contributed by atoms with Crippen LogP contribution in [0.5, 0.6) is 0 Å². The highest BCUT2D eigenvalue weighted by Crippen LogP contribution is 2.26. The van der Waals surface area contributed by atoms with E-state index in [4.69, 9.17) is 16.2 Å². The highest BCUT2D eigenvalue weighted by molar-refractivity contribution is 5.46. The second kappa shape index (κ2) is 5.00. The predicted octanol–water partition coefficient (Wildman–Crippen LogP) is 0.303. The van der Waals surface area contributed by atoms with Gasteiger partial charge >= 0.3 is 0 Å². The van der Waals surface area contributed by atoms with Crippen LogP contribution >= 0.6 is 0 Å². The van der Waals surface area contributed by atoms with Crippen LogP contribution in [0.4, 0.5) is 5.82 Å². The molecule has 1 aliphatic heterocycles. The molecule has 0 aromatic carbocycles. The standard InChI is InChI=1S/C12H20N4O/c1-8-3-4-15-12(14)10(8)11(13)9-7-16(2)5-6-17-9/h3-4,9,11H,5-7,13H2,1-2H3,(H2,14,15). The number of anilines is 1. The minimum atomic E-state index is -0.216. The first-order chi connectivity index (χ1) is 8.09. The normalized spacial score (nSPS) is 23.6. The Morgan fingerprint density at radius 1 is 1.59 bits per heavy atom. The molecule has 17 heavy (non-hydrogen) atoms. The van der Waals surface area contributed by atoms with Crippen molar-refractivity contribution in [2.24, 2.45) is 5.73 Å². The minimum absolute atomic E-state index is 0.0149. The van der Waals surface area contributed by atoms with Gasteiger partial charge in [-0.05, 0) is 25.6 Å². The van der Waals surface area contributed by atoms with Crippen LogP contribution in [0.1, 0.15) is 17.2 Å². The van der Waals surface area contributed by atoms with Crippen LogP contribution in [-0.2, 0) is 4.74 Å². The van der Waals surface area contributed by atoms with Crippen molar-refractivity contribution in [3.8, 4) is 0 Å². The number of pyridine rings is 1. The number of aryl methyl sites for hydroxylation is 1. The molecule has 1 aromatic rings. The lowest BCUT2D eigenvalue weighted by Gasteiger charge is -2.34. The molecule has 1 aromatic heterocycles. The van der Waals surface area contributed by atoms with Crippen molar-refractivity contribution in [1.82, 2.24) is 9.88 Å². The molecule has 0 bridgehead atoms. The van der Waals surface area contributed by atoms with E-state index in [9.17, 15) is 0 Å². The van der Waals surface area contributed by atoms with Gasteiger partial charge in [-0.1, -0.05) is 0 Å². The summed E-state index contributed by atoms with van der Waals surface area (Å²) in [4.78, 5) is 6.32. The second-order valence-corrected chi connectivity index (χ2v) is 4.62. The Morgan fingerprint density at radius 3 is 3.00 bits per heavy atom. The number of likely N-dealkylation sites (N-methyl/N-ethyl adjacent to an activating group) is 1. The van der Waals surface area contributed by atoms with Gasteiger partial charge in [0, 0.05) is 24.8 Å². The van der Waals surface area contributed by atoms with Crippen LogP contribution in [0.3, 0.4) is 0 Å². The zero-order valence-electron chi connectivity index (χ0n) is 10.4. The van der Waals surface area contributed by atoms with Crippen molar-refractivity contribution in [2.75, 3.05) is 32.5 Å². The van der Waals surface area contributed by atoms with Gasteiger partial charge in [0.2, 0.25) is 0 Å². The van der Waals surface area contributed by atoms with Gasteiger partial charge in [0.15, 0.2) is 0 Å². The number of hydrogen-bond acceptors (Lipinski definition) is 5. The molecule has 1 fully saturated rings. The Labute approximate surface area is 102 Å². The van der Waals surface area contributed by atoms with E-state index < -0.39 is 0 Å². The molecule has 0 radical (unpaired) electrons. The van der Waals surface area contributed by atoms with Gasteiger partial charge in [0.1, 0.15) is 5.82 Å². The van der Waals surface area contributed by atoms with Crippen LogP contribution < -0.4 is 11.5 Å².